The minimum atomic E-state index is -0.410. The molecule has 1 aliphatic rings. The molecule has 1 unspecified atom stereocenters. The Balaban J connectivity index is 1.10. The predicted octanol–water partition coefficient (Wildman–Crippen LogP) is 3.27. The van der Waals surface area contributed by atoms with Crippen LogP contribution in [0.15, 0.2) is 84.0 Å². The van der Waals surface area contributed by atoms with Crippen LogP contribution in [-0.4, -0.2) is 44.2 Å². The average molecular weight is 521 g/mol. The van der Waals surface area contributed by atoms with E-state index in [4.69, 9.17) is 0 Å². The van der Waals surface area contributed by atoms with E-state index in [2.05, 4.69) is 33.6 Å². The fourth-order valence-electron chi connectivity index (χ4n) is 5.17. The lowest BCUT2D eigenvalue weighted by Crippen LogP contribution is -2.35. The summed E-state index contributed by atoms with van der Waals surface area (Å²) in [7, 11) is 0. The summed E-state index contributed by atoms with van der Waals surface area (Å²) in [5.41, 5.74) is 3.27. The highest BCUT2D eigenvalue weighted by atomic mass is 16.2. The third-order valence-electron chi connectivity index (χ3n) is 7.31. The van der Waals surface area contributed by atoms with Crippen molar-refractivity contribution >= 4 is 39.3 Å². The zero-order chi connectivity index (χ0) is 26.9. The maximum atomic E-state index is 13.2. The molecule has 1 aliphatic heterocycles. The molecule has 2 amide bonds. The lowest BCUT2D eigenvalue weighted by Gasteiger charge is -2.17. The Kier molecular flexibility index (Phi) is 6.40. The standard InChI is InChI=1S/C30H28N6O3/c1-20-9-11-24(12-10-20)35-18-23(15-27(35)37)29(38)31-13-14-36-28-26(16-33-36)30(39)34(19-32-28)17-22-7-4-6-21-5-2-3-8-25(21)22/h2-12,16,19,23H,13-15,17-18H2,1H3,(H,31,38). The Morgan fingerprint density at radius 1 is 1.00 bits per heavy atom. The van der Waals surface area contributed by atoms with Crippen molar-refractivity contribution in [1.82, 2.24) is 24.6 Å². The Hall–Kier alpha value is -4.79. The van der Waals surface area contributed by atoms with Crippen molar-refractivity contribution in [2.24, 2.45) is 5.92 Å². The van der Waals surface area contributed by atoms with E-state index in [9.17, 15) is 14.4 Å². The largest absolute Gasteiger partial charge is 0.354 e. The first-order chi connectivity index (χ1) is 19.0. The van der Waals surface area contributed by atoms with E-state index in [-0.39, 0.29) is 23.8 Å². The number of nitrogens with zero attached hydrogens (tertiary/aromatic N) is 5. The summed E-state index contributed by atoms with van der Waals surface area (Å²) in [5.74, 6) is -0.631. The highest BCUT2D eigenvalue weighted by molar-refractivity contribution is 6.00. The molecule has 0 bridgehead atoms. The minimum Gasteiger partial charge on any atom is -0.354 e. The van der Waals surface area contributed by atoms with Gasteiger partial charge in [-0.2, -0.15) is 5.10 Å². The topological polar surface area (TPSA) is 102 Å². The molecule has 1 atom stereocenters. The number of amides is 2. The van der Waals surface area contributed by atoms with E-state index in [0.29, 0.717) is 37.2 Å². The fourth-order valence-corrected chi connectivity index (χ4v) is 5.17. The van der Waals surface area contributed by atoms with Gasteiger partial charge in [-0.15, -0.1) is 0 Å². The molecule has 3 heterocycles. The lowest BCUT2D eigenvalue weighted by molar-refractivity contribution is -0.126. The quantitative estimate of drug-likeness (QED) is 0.355. The molecular formula is C30H28N6O3. The first kappa shape index (κ1) is 24.5. The molecule has 1 N–H and O–H groups in total. The molecular weight excluding hydrogens is 492 g/mol. The van der Waals surface area contributed by atoms with Crippen molar-refractivity contribution < 1.29 is 9.59 Å². The van der Waals surface area contributed by atoms with Crippen LogP contribution in [0.4, 0.5) is 5.69 Å². The Morgan fingerprint density at radius 3 is 2.64 bits per heavy atom. The summed E-state index contributed by atoms with van der Waals surface area (Å²) < 4.78 is 3.21. The molecule has 2 aromatic heterocycles. The molecule has 39 heavy (non-hydrogen) atoms. The average Bonchev–Trinajstić information content (AvgIpc) is 3.55. The number of aryl methyl sites for hydroxylation is 1. The van der Waals surface area contributed by atoms with Gasteiger partial charge in [0.15, 0.2) is 5.65 Å². The normalized spacial score (nSPS) is 15.4. The number of nitrogens with one attached hydrogen (secondary N) is 1. The number of benzene rings is 3. The van der Waals surface area contributed by atoms with Gasteiger partial charge in [0.25, 0.3) is 5.56 Å². The van der Waals surface area contributed by atoms with Crippen LogP contribution in [0.5, 0.6) is 0 Å². The van der Waals surface area contributed by atoms with Gasteiger partial charge in [0, 0.05) is 25.2 Å². The molecule has 3 aromatic carbocycles. The molecule has 6 rings (SSSR count). The van der Waals surface area contributed by atoms with Gasteiger partial charge >= 0.3 is 0 Å². The van der Waals surface area contributed by atoms with E-state index >= 15 is 0 Å². The summed E-state index contributed by atoms with van der Waals surface area (Å²) in [4.78, 5) is 44.7. The van der Waals surface area contributed by atoms with Gasteiger partial charge in [0.1, 0.15) is 11.7 Å². The van der Waals surface area contributed by atoms with Crippen LogP contribution in [0.25, 0.3) is 21.8 Å². The summed E-state index contributed by atoms with van der Waals surface area (Å²) in [6, 6.07) is 21.9. The minimum absolute atomic E-state index is 0.0546. The van der Waals surface area contributed by atoms with E-state index in [1.165, 1.54) is 6.20 Å². The van der Waals surface area contributed by atoms with Crippen LogP contribution in [0.2, 0.25) is 0 Å². The Labute approximate surface area is 224 Å². The van der Waals surface area contributed by atoms with Crippen molar-refractivity contribution in [2.75, 3.05) is 18.0 Å². The van der Waals surface area contributed by atoms with Crippen LogP contribution in [-0.2, 0) is 22.7 Å². The van der Waals surface area contributed by atoms with Crippen LogP contribution in [0.1, 0.15) is 17.5 Å². The number of hydrogen-bond acceptors (Lipinski definition) is 5. The number of rotatable bonds is 7. The second kappa shape index (κ2) is 10.2. The van der Waals surface area contributed by atoms with Crippen LogP contribution >= 0.6 is 0 Å². The number of aromatic nitrogens is 4. The molecule has 0 spiro atoms. The molecule has 0 radical (unpaired) electrons. The lowest BCUT2D eigenvalue weighted by atomic mass is 10.0. The predicted molar refractivity (Wildman–Crippen MR) is 149 cm³/mol. The van der Waals surface area contributed by atoms with Gasteiger partial charge < -0.3 is 10.2 Å². The smallest absolute Gasteiger partial charge is 0.264 e. The summed E-state index contributed by atoms with van der Waals surface area (Å²) in [6.45, 7) is 3.43. The number of carbonyl (C=O) groups excluding carboxylic acids is 2. The summed E-state index contributed by atoms with van der Waals surface area (Å²) >= 11 is 0. The molecule has 1 fully saturated rings. The molecule has 9 nitrogen and oxygen atoms in total. The van der Waals surface area contributed by atoms with Crippen molar-refractivity contribution in [2.45, 2.75) is 26.4 Å². The van der Waals surface area contributed by atoms with Crippen molar-refractivity contribution in [3.05, 3.63) is 101 Å². The second-order valence-corrected chi connectivity index (χ2v) is 9.95. The zero-order valence-electron chi connectivity index (χ0n) is 21.6. The van der Waals surface area contributed by atoms with Crippen LogP contribution in [0.3, 0.4) is 0 Å². The summed E-state index contributed by atoms with van der Waals surface area (Å²) in [6.07, 6.45) is 3.26. The zero-order valence-corrected chi connectivity index (χ0v) is 21.6. The SMILES string of the molecule is Cc1ccc(N2CC(C(=O)NCCn3ncc4c(=O)n(Cc5cccc6ccccc56)cnc43)CC2=O)cc1. The molecule has 9 heteroatoms. The number of carbonyl (C=O) groups is 2. The number of anilines is 1. The Morgan fingerprint density at radius 2 is 1.79 bits per heavy atom. The van der Waals surface area contributed by atoms with Gasteiger partial charge in [-0.05, 0) is 35.4 Å². The van der Waals surface area contributed by atoms with Gasteiger partial charge in [0.2, 0.25) is 11.8 Å². The molecule has 0 aliphatic carbocycles. The van der Waals surface area contributed by atoms with Gasteiger partial charge in [-0.25, -0.2) is 9.67 Å². The first-order valence-corrected chi connectivity index (χ1v) is 13.0. The van der Waals surface area contributed by atoms with E-state index in [1.54, 1.807) is 20.5 Å². The highest BCUT2D eigenvalue weighted by Gasteiger charge is 2.34. The third-order valence-corrected chi connectivity index (χ3v) is 7.31. The molecule has 0 saturated carbocycles. The van der Waals surface area contributed by atoms with E-state index in [1.807, 2.05) is 55.5 Å². The van der Waals surface area contributed by atoms with E-state index < -0.39 is 5.92 Å². The first-order valence-electron chi connectivity index (χ1n) is 13.0. The monoisotopic (exact) mass is 520 g/mol. The maximum absolute atomic E-state index is 13.2. The van der Waals surface area contributed by atoms with E-state index in [0.717, 1.165) is 27.6 Å². The van der Waals surface area contributed by atoms with Crippen molar-refractivity contribution in [3.63, 3.8) is 0 Å². The molecule has 1 saturated heterocycles. The van der Waals surface area contributed by atoms with Crippen LogP contribution < -0.4 is 15.8 Å². The van der Waals surface area contributed by atoms with Gasteiger partial charge in [-0.3, -0.25) is 19.0 Å². The van der Waals surface area contributed by atoms with Gasteiger partial charge in [-0.1, -0.05) is 60.2 Å². The fraction of sp³-hybridized carbons (Fsp3) is 0.233. The van der Waals surface area contributed by atoms with Crippen LogP contribution in [0, 0.1) is 12.8 Å². The summed E-state index contributed by atoms with van der Waals surface area (Å²) in [5, 5.41) is 9.91. The van der Waals surface area contributed by atoms with Gasteiger partial charge in [0.05, 0.1) is 25.2 Å². The number of hydrogen-bond donors (Lipinski definition) is 1. The van der Waals surface area contributed by atoms with Crippen molar-refractivity contribution in [3.8, 4) is 0 Å². The molecule has 5 aromatic rings. The number of fused-ring (bicyclic) bond motifs is 2. The highest BCUT2D eigenvalue weighted by Crippen LogP contribution is 2.25. The third kappa shape index (κ3) is 4.79. The molecule has 196 valence electrons. The second-order valence-electron chi connectivity index (χ2n) is 9.95. The van der Waals surface area contributed by atoms with Crippen molar-refractivity contribution in [1.29, 1.82) is 0 Å². The Bertz CT molecular complexity index is 1750. The maximum Gasteiger partial charge on any atom is 0.264 e.